The predicted molar refractivity (Wildman–Crippen MR) is 54.6 cm³/mol. The molecule has 0 aliphatic carbocycles. The third kappa shape index (κ3) is 2.53. The van der Waals surface area contributed by atoms with Crippen molar-refractivity contribution >= 4 is 5.97 Å². The van der Waals surface area contributed by atoms with E-state index in [1.807, 2.05) is 0 Å². The Morgan fingerprint density at radius 2 is 2.19 bits per heavy atom. The van der Waals surface area contributed by atoms with Crippen molar-refractivity contribution in [3.05, 3.63) is 0 Å². The first-order valence-corrected chi connectivity index (χ1v) is 5.67. The van der Waals surface area contributed by atoms with Crippen molar-refractivity contribution < 1.29 is 24.1 Å². The van der Waals surface area contributed by atoms with E-state index in [0.29, 0.717) is 19.4 Å². The summed E-state index contributed by atoms with van der Waals surface area (Å²) in [6, 6.07) is 0. The van der Waals surface area contributed by atoms with Gasteiger partial charge in [-0.15, -0.1) is 0 Å². The molecule has 92 valence electrons. The topological polar surface area (TPSA) is 65.0 Å². The van der Waals surface area contributed by atoms with Crippen molar-refractivity contribution in [3.63, 3.8) is 0 Å². The van der Waals surface area contributed by atoms with Gasteiger partial charge in [0.2, 0.25) is 0 Å². The van der Waals surface area contributed by atoms with Gasteiger partial charge in [0.15, 0.2) is 5.79 Å². The lowest BCUT2D eigenvalue weighted by Gasteiger charge is -2.29. The summed E-state index contributed by atoms with van der Waals surface area (Å²) >= 11 is 0. The van der Waals surface area contributed by atoms with Crippen LogP contribution in [0.2, 0.25) is 0 Å². The van der Waals surface area contributed by atoms with Crippen molar-refractivity contribution in [1.29, 1.82) is 0 Å². The molecule has 0 bridgehead atoms. The molecule has 2 rings (SSSR count). The molecular weight excluding hydrogens is 212 g/mol. The van der Waals surface area contributed by atoms with E-state index in [2.05, 4.69) is 0 Å². The molecule has 2 saturated heterocycles. The normalized spacial score (nSPS) is 35.8. The molecule has 3 unspecified atom stereocenters. The number of rotatable bonds is 2. The van der Waals surface area contributed by atoms with Crippen LogP contribution in [0.3, 0.4) is 0 Å². The molecule has 2 aliphatic heterocycles. The summed E-state index contributed by atoms with van der Waals surface area (Å²) in [4.78, 5) is 11.1. The highest BCUT2D eigenvalue weighted by Gasteiger charge is 2.41. The van der Waals surface area contributed by atoms with E-state index in [0.717, 1.165) is 6.42 Å². The van der Waals surface area contributed by atoms with E-state index in [1.54, 1.807) is 13.8 Å². The lowest BCUT2D eigenvalue weighted by molar-refractivity contribution is -0.179. The number of aliphatic hydroxyl groups is 1. The Morgan fingerprint density at radius 3 is 2.75 bits per heavy atom. The van der Waals surface area contributed by atoms with Crippen molar-refractivity contribution in [2.45, 2.75) is 57.2 Å². The average molecular weight is 230 g/mol. The number of aliphatic hydroxyl groups excluding tert-OH is 1. The second-order valence-electron chi connectivity index (χ2n) is 4.78. The third-order valence-electron chi connectivity index (χ3n) is 2.94. The fourth-order valence-electron chi connectivity index (χ4n) is 2.10. The maximum Gasteiger partial charge on any atom is 0.306 e. The summed E-state index contributed by atoms with van der Waals surface area (Å²) < 4.78 is 16.0. The highest BCUT2D eigenvalue weighted by Crippen LogP contribution is 2.28. The first-order chi connectivity index (χ1) is 7.48. The van der Waals surface area contributed by atoms with Gasteiger partial charge >= 0.3 is 5.97 Å². The number of carbonyl (C=O) groups excluding carboxylic acids is 1. The summed E-state index contributed by atoms with van der Waals surface area (Å²) in [5.74, 6) is -0.905. The number of carbonyl (C=O) groups is 1. The number of hydrogen-bond donors (Lipinski definition) is 1. The van der Waals surface area contributed by atoms with Crippen LogP contribution in [-0.4, -0.2) is 41.8 Å². The molecule has 0 spiro atoms. The van der Waals surface area contributed by atoms with Gasteiger partial charge in [-0.1, -0.05) is 0 Å². The average Bonchev–Trinajstić information content (AvgIpc) is 2.58. The Balaban J connectivity index is 1.92. The number of hydrogen-bond acceptors (Lipinski definition) is 5. The molecule has 0 aromatic heterocycles. The van der Waals surface area contributed by atoms with Gasteiger partial charge in [-0.05, 0) is 26.7 Å². The van der Waals surface area contributed by atoms with Gasteiger partial charge in [0.05, 0.1) is 6.61 Å². The summed E-state index contributed by atoms with van der Waals surface area (Å²) in [5, 5.41) is 10.0. The second-order valence-corrected chi connectivity index (χ2v) is 4.78. The predicted octanol–water partition coefficient (Wildman–Crippen LogP) is 0.595. The van der Waals surface area contributed by atoms with Crippen LogP contribution in [0.15, 0.2) is 0 Å². The minimum absolute atomic E-state index is 0.242. The van der Waals surface area contributed by atoms with Crippen LogP contribution < -0.4 is 0 Å². The number of cyclic esters (lactones) is 1. The molecular formula is C11H18O5. The van der Waals surface area contributed by atoms with Crippen LogP contribution in [0.25, 0.3) is 0 Å². The maximum absolute atomic E-state index is 11.1. The number of esters is 1. The van der Waals surface area contributed by atoms with E-state index in [-0.39, 0.29) is 5.97 Å². The number of ether oxygens (including phenoxy) is 3. The molecule has 5 nitrogen and oxygen atoms in total. The summed E-state index contributed by atoms with van der Waals surface area (Å²) in [5.41, 5.74) is 0. The van der Waals surface area contributed by atoms with Gasteiger partial charge in [-0.2, -0.15) is 0 Å². The fourth-order valence-corrected chi connectivity index (χ4v) is 2.10. The van der Waals surface area contributed by atoms with Crippen LogP contribution in [-0.2, 0) is 19.0 Å². The van der Waals surface area contributed by atoms with Gasteiger partial charge < -0.3 is 19.3 Å². The Morgan fingerprint density at radius 1 is 1.44 bits per heavy atom. The lowest BCUT2D eigenvalue weighted by atomic mass is 10.0. The molecule has 0 aromatic carbocycles. The largest absolute Gasteiger partial charge is 0.459 e. The zero-order valence-corrected chi connectivity index (χ0v) is 9.64. The zero-order chi connectivity index (χ0) is 11.8. The lowest BCUT2D eigenvalue weighted by Crippen LogP contribution is -2.43. The standard InChI is InChI=1S/C11H18O5/c1-11(2)14-6-8(16-11)10(13)7-4-3-5-9(12)15-7/h7-8,10,13H,3-6H2,1-2H3. The molecule has 1 N–H and O–H groups in total. The summed E-state index contributed by atoms with van der Waals surface area (Å²) in [6.07, 6.45) is 0.224. The van der Waals surface area contributed by atoms with Gasteiger partial charge in [-0.25, -0.2) is 0 Å². The molecule has 2 aliphatic rings. The molecule has 16 heavy (non-hydrogen) atoms. The monoisotopic (exact) mass is 230 g/mol. The van der Waals surface area contributed by atoms with Crippen molar-refractivity contribution in [2.75, 3.05) is 6.61 Å². The van der Waals surface area contributed by atoms with Crippen molar-refractivity contribution in [3.8, 4) is 0 Å². The summed E-state index contributed by atoms with van der Waals surface area (Å²) in [6.45, 7) is 3.93. The third-order valence-corrected chi connectivity index (χ3v) is 2.94. The molecule has 5 heteroatoms. The van der Waals surface area contributed by atoms with Gasteiger partial charge in [-0.3, -0.25) is 4.79 Å². The van der Waals surface area contributed by atoms with E-state index in [1.165, 1.54) is 0 Å². The second kappa shape index (κ2) is 4.31. The Hall–Kier alpha value is -0.650. The summed E-state index contributed by atoms with van der Waals surface area (Å²) in [7, 11) is 0. The SMILES string of the molecule is CC1(C)OCC(C(O)C2CCCC(=O)O2)O1. The van der Waals surface area contributed by atoms with E-state index in [4.69, 9.17) is 14.2 Å². The van der Waals surface area contributed by atoms with E-state index >= 15 is 0 Å². The minimum atomic E-state index is -0.800. The zero-order valence-electron chi connectivity index (χ0n) is 9.64. The van der Waals surface area contributed by atoms with E-state index < -0.39 is 24.1 Å². The van der Waals surface area contributed by atoms with Crippen LogP contribution >= 0.6 is 0 Å². The minimum Gasteiger partial charge on any atom is -0.459 e. The Kier molecular flexibility index (Phi) is 3.19. The molecule has 2 fully saturated rings. The Bertz CT molecular complexity index is 276. The van der Waals surface area contributed by atoms with Crippen molar-refractivity contribution in [2.24, 2.45) is 0 Å². The first-order valence-electron chi connectivity index (χ1n) is 5.67. The quantitative estimate of drug-likeness (QED) is 0.703. The molecule has 0 saturated carbocycles. The van der Waals surface area contributed by atoms with Crippen LogP contribution in [0.1, 0.15) is 33.1 Å². The molecule has 2 heterocycles. The fraction of sp³-hybridized carbons (Fsp3) is 0.909. The first kappa shape index (κ1) is 11.8. The highest BCUT2D eigenvalue weighted by molar-refractivity contribution is 5.70. The van der Waals surface area contributed by atoms with Gasteiger partial charge in [0, 0.05) is 6.42 Å². The molecule has 3 atom stereocenters. The van der Waals surface area contributed by atoms with Crippen molar-refractivity contribution in [1.82, 2.24) is 0 Å². The van der Waals surface area contributed by atoms with Crippen LogP contribution in [0.5, 0.6) is 0 Å². The highest BCUT2D eigenvalue weighted by atomic mass is 16.7. The smallest absolute Gasteiger partial charge is 0.306 e. The van der Waals surface area contributed by atoms with Gasteiger partial charge in [0.1, 0.15) is 18.3 Å². The van der Waals surface area contributed by atoms with Crippen LogP contribution in [0, 0.1) is 0 Å². The molecule has 0 amide bonds. The maximum atomic E-state index is 11.1. The molecule has 0 radical (unpaired) electrons. The van der Waals surface area contributed by atoms with Gasteiger partial charge in [0.25, 0.3) is 0 Å². The molecule has 0 aromatic rings. The van der Waals surface area contributed by atoms with Crippen LogP contribution in [0.4, 0.5) is 0 Å². The van der Waals surface area contributed by atoms with E-state index in [9.17, 15) is 9.90 Å². The Labute approximate surface area is 94.7 Å².